The third kappa shape index (κ3) is 7.12. The number of carbonyl (C=O) groups is 2. The standard InChI is InChI=1S/C23H26N2O7/c1-4-13-31-19-11-9-17(14-20(19)30-5-2)10-12-22(27)32-15-21(26)24-23-16(3)7-6-8-18(23)25(28)29/h6-12,14H,4-5,13,15H2,1-3H3,(H,24,26)/b12-10+. The minimum atomic E-state index is -0.733. The monoisotopic (exact) mass is 442 g/mol. The van der Waals surface area contributed by atoms with Crippen LogP contribution in [0.5, 0.6) is 11.5 Å². The number of benzene rings is 2. The minimum absolute atomic E-state index is 0.0722. The van der Waals surface area contributed by atoms with E-state index in [4.69, 9.17) is 14.2 Å². The van der Waals surface area contributed by atoms with Crippen molar-refractivity contribution in [1.29, 1.82) is 0 Å². The first-order chi connectivity index (χ1) is 15.3. The van der Waals surface area contributed by atoms with Gasteiger partial charge in [0.15, 0.2) is 18.1 Å². The molecule has 1 amide bonds. The number of rotatable bonds is 11. The van der Waals surface area contributed by atoms with Crippen LogP contribution in [0, 0.1) is 17.0 Å². The molecule has 0 aliphatic rings. The molecule has 170 valence electrons. The third-order valence-corrected chi connectivity index (χ3v) is 4.20. The highest BCUT2D eigenvalue weighted by molar-refractivity contribution is 5.96. The van der Waals surface area contributed by atoms with E-state index in [1.54, 1.807) is 31.2 Å². The number of para-hydroxylation sites is 1. The molecule has 2 aromatic rings. The van der Waals surface area contributed by atoms with Gasteiger partial charge in [-0.1, -0.05) is 25.1 Å². The maximum Gasteiger partial charge on any atom is 0.331 e. The van der Waals surface area contributed by atoms with E-state index in [1.807, 2.05) is 13.8 Å². The van der Waals surface area contributed by atoms with Crippen molar-refractivity contribution >= 4 is 29.3 Å². The van der Waals surface area contributed by atoms with Crippen LogP contribution < -0.4 is 14.8 Å². The summed E-state index contributed by atoms with van der Waals surface area (Å²) in [7, 11) is 0. The number of amides is 1. The molecule has 32 heavy (non-hydrogen) atoms. The summed E-state index contributed by atoms with van der Waals surface area (Å²) in [6.45, 7) is 5.95. The molecular weight excluding hydrogens is 416 g/mol. The van der Waals surface area contributed by atoms with Gasteiger partial charge in [0.2, 0.25) is 0 Å². The average molecular weight is 442 g/mol. The fourth-order valence-corrected chi connectivity index (χ4v) is 2.72. The number of nitro benzene ring substituents is 1. The molecule has 1 N–H and O–H groups in total. The molecule has 0 spiro atoms. The SMILES string of the molecule is CCCOc1ccc(/C=C/C(=O)OCC(=O)Nc2c(C)cccc2[N+](=O)[O-])cc1OCC. The Morgan fingerprint density at radius 3 is 2.59 bits per heavy atom. The number of nitrogens with zero attached hydrogens (tertiary/aromatic N) is 1. The number of nitro groups is 1. The maximum atomic E-state index is 12.1. The molecule has 2 rings (SSSR count). The maximum absolute atomic E-state index is 12.1. The predicted octanol–water partition coefficient (Wildman–Crippen LogP) is 4.29. The van der Waals surface area contributed by atoms with E-state index in [9.17, 15) is 19.7 Å². The zero-order valence-corrected chi connectivity index (χ0v) is 18.3. The summed E-state index contributed by atoms with van der Waals surface area (Å²) in [4.78, 5) is 34.6. The second-order valence-corrected chi connectivity index (χ2v) is 6.70. The van der Waals surface area contributed by atoms with E-state index in [2.05, 4.69) is 5.32 Å². The van der Waals surface area contributed by atoms with Gasteiger partial charge in [0.25, 0.3) is 11.6 Å². The molecule has 9 nitrogen and oxygen atoms in total. The zero-order chi connectivity index (χ0) is 23.5. The summed E-state index contributed by atoms with van der Waals surface area (Å²) in [5.41, 5.74) is 1.05. The quantitative estimate of drug-likeness (QED) is 0.239. The fraction of sp³-hybridized carbons (Fsp3) is 0.304. The lowest BCUT2D eigenvalue weighted by molar-refractivity contribution is -0.384. The summed E-state index contributed by atoms with van der Waals surface area (Å²) >= 11 is 0. The van der Waals surface area contributed by atoms with Gasteiger partial charge >= 0.3 is 5.97 Å². The molecule has 0 heterocycles. The van der Waals surface area contributed by atoms with Gasteiger partial charge in [-0.15, -0.1) is 0 Å². The van der Waals surface area contributed by atoms with Crippen molar-refractivity contribution in [2.45, 2.75) is 27.2 Å². The highest BCUT2D eigenvalue weighted by atomic mass is 16.6. The van der Waals surface area contributed by atoms with Crippen molar-refractivity contribution < 1.29 is 28.7 Å². The summed E-state index contributed by atoms with van der Waals surface area (Å²) in [6.07, 6.45) is 3.57. The second-order valence-electron chi connectivity index (χ2n) is 6.70. The predicted molar refractivity (Wildman–Crippen MR) is 120 cm³/mol. The van der Waals surface area contributed by atoms with Crippen LogP contribution in [0.4, 0.5) is 11.4 Å². The lowest BCUT2D eigenvalue weighted by atomic mass is 10.1. The molecule has 0 bridgehead atoms. The van der Waals surface area contributed by atoms with Gasteiger partial charge in [-0.05, 0) is 49.6 Å². The molecule has 0 fully saturated rings. The highest BCUT2D eigenvalue weighted by Gasteiger charge is 2.18. The van der Waals surface area contributed by atoms with Crippen LogP contribution in [0.2, 0.25) is 0 Å². The van der Waals surface area contributed by atoms with E-state index in [1.165, 1.54) is 24.3 Å². The van der Waals surface area contributed by atoms with Gasteiger partial charge in [-0.2, -0.15) is 0 Å². The Balaban J connectivity index is 1.96. The summed E-state index contributed by atoms with van der Waals surface area (Å²) in [6, 6.07) is 9.70. The van der Waals surface area contributed by atoms with Crippen LogP contribution in [0.3, 0.4) is 0 Å². The number of hydrogen-bond acceptors (Lipinski definition) is 7. The molecule has 0 unspecified atom stereocenters. The van der Waals surface area contributed by atoms with Crippen molar-refractivity contribution in [3.05, 3.63) is 63.7 Å². The van der Waals surface area contributed by atoms with Crippen LogP contribution in [0.25, 0.3) is 6.08 Å². The minimum Gasteiger partial charge on any atom is -0.490 e. The van der Waals surface area contributed by atoms with E-state index >= 15 is 0 Å². The van der Waals surface area contributed by atoms with Crippen LogP contribution in [0.15, 0.2) is 42.5 Å². The lowest BCUT2D eigenvalue weighted by Crippen LogP contribution is -2.21. The van der Waals surface area contributed by atoms with Crippen molar-refractivity contribution in [3.8, 4) is 11.5 Å². The third-order valence-electron chi connectivity index (χ3n) is 4.20. The number of aryl methyl sites for hydroxylation is 1. The van der Waals surface area contributed by atoms with E-state index in [-0.39, 0.29) is 11.4 Å². The molecule has 0 atom stereocenters. The summed E-state index contributed by atoms with van der Waals surface area (Å²) in [5, 5.41) is 13.5. The molecule has 9 heteroatoms. The molecule has 0 aliphatic heterocycles. The summed E-state index contributed by atoms with van der Waals surface area (Å²) < 4.78 is 16.1. The lowest BCUT2D eigenvalue weighted by Gasteiger charge is -2.12. The Morgan fingerprint density at radius 1 is 1.12 bits per heavy atom. The van der Waals surface area contributed by atoms with Gasteiger partial charge in [-0.3, -0.25) is 14.9 Å². The van der Waals surface area contributed by atoms with Gasteiger partial charge in [0, 0.05) is 12.1 Å². The van der Waals surface area contributed by atoms with E-state index < -0.39 is 23.4 Å². The Kier molecular flexibility index (Phi) is 9.22. The van der Waals surface area contributed by atoms with Crippen LogP contribution >= 0.6 is 0 Å². The van der Waals surface area contributed by atoms with Crippen molar-refractivity contribution in [1.82, 2.24) is 0 Å². The number of esters is 1. The Hall–Kier alpha value is -3.88. The molecule has 0 saturated heterocycles. The molecule has 0 aromatic heterocycles. The fourth-order valence-electron chi connectivity index (χ4n) is 2.72. The summed E-state index contributed by atoms with van der Waals surface area (Å²) in [5.74, 6) is -0.227. The Labute approximate surface area is 186 Å². The van der Waals surface area contributed by atoms with Gasteiger partial charge in [0.05, 0.1) is 18.1 Å². The average Bonchev–Trinajstić information content (AvgIpc) is 2.77. The van der Waals surface area contributed by atoms with Gasteiger partial charge < -0.3 is 19.5 Å². The number of hydrogen-bond donors (Lipinski definition) is 1. The molecule has 0 radical (unpaired) electrons. The first-order valence-electron chi connectivity index (χ1n) is 10.1. The topological polar surface area (TPSA) is 117 Å². The largest absolute Gasteiger partial charge is 0.490 e. The Bertz CT molecular complexity index is 1000. The molecule has 0 aliphatic carbocycles. The van der Waals surface area contributed by atoms with Crippen molar-refractivity contribution in [2.24, 2.45) is 0 Å². The highest BCUT2D eigenvalue weighted by Crippen LogP contribution is 2.29. The first kappa shape index (κ1) is 24.4. The van der Waals surface area contributed by atoms with Gasteiger partial charge in [-0.25, -0.2) is 4.79 Å². The van der Waals surface area contributed by atoms with Crippen molar-refractivity contribution in [3.63, 3.8) is 0 Å². The molecular formula is C23H26N2O7. The Morgan fingerprint density at radius 2 is 1.91 bits per heavy atom. The van der Waals surface area contributed by atoms with E-state index in [0.717, 1.165) is 6.42 Å². The smallest absolute Gasteiger partial charge is 0.331 e. The number of nitrogens with one attached hydrogen (secondary N) is 1. The van der Waals surface area contributed by atoms with Crippen LogP contribution in [-0.2, 0) is 14.3 Å². The number of ether oxygens (including phenoxy) is 3. The molecule has 0 saturated carbocycles. The zero-order valence-electron chi connectivity index (χ0n) is 18.3. The van der Waals surface area contributed by atoms with Crippen LogP contribution in [-0.4, -0.2) is 36.6 Å². The number of carbonyl (C=O) groups excluding carboxylic acids is 2. The second kappa shape index (κ2) is 12.1. The van der Waals surface area contributed by atoms with Gasteiger partial charge in [0.1, 0.15) is 5.69 Å². The normalized spacial score (nSPS) is 10.6. The first-order valence-corrected chi connectivity index (χ1v) is 10.1. The van der Waals surface area contributed by atoms with E-state index in [0.29, 0.717) is 35.8 Å². The van der Waals surface area contributed by atoms with Crippen LogP contribution in [0.1, 0.15) is 31.4 Å². The number of anilines is 1. The van der Waals surface area contributed by atoms with Crippen molar-refractivity contribution in [2.75, 3.05) is 25.1 Å². The molecule has 2 aromatic carbocycles.